The molecule has 4 rings (SSSR count). The Morgan fingerprint density at radius 2 is 2.18 bits per heavy atom. The van der Waals surface area contributed by atoms with Crippen molar-refractivity contribution < 1.29 is 13.9 Å². The Morgan fingerprint density at radius 1 is 1.32 bits per heavy atom. The third kappa shape index (κ3) is 2.68. The number of hydrogen-bond donors (Lipinski definition) is 0. The third-order valence-electron chi connectivity index (χ3n) is 5.32. The Balaban J connectivity index is 1.48. The number of carbonyl (C=O) groups is 1. The molecule has 0 aliphatic carbocycles. The van der Waals surface area contributed by atoms with E-state index in [1.807, 2.05) is 17.0 Å². The van der Waals surface area contributed by atoms with Crippen molar-refractivity contribution in [2.45, 2.75) is 44.4 Å². The van der Waals surface area contributed by atoms with Crippen molar-refractivity contribution in [3.8, 4) is 0 Å². The van der Waals surface area contributed by atoms with E-state index in [9.17, 15) is 4.79 Å². The molecule has 22 heavy (non-hydrogen) atoms. The molecule has 120 valence electrons. The van der Waals surface area contributed by atoms with E-state index in [0.29, 0.717) is 11.9 Å². The fraction of sp³-hybridized carbons (Fsp3) is 0.706. The van der Waals surface area contributed by atoms with Crippen LogP contribution in [0.4, 0.5) is 0 Å². The lowest BCUT2D eigenvalue weighted by atomic mass is 9.89. The molecule has 0 aromatic carbocycles. The highest BCUT2D eigenvalue weighted by atomic mass is 16.5. The van der Waals surface area contributed by atoms with Gasteiger partial charge in [-0.2, -0.15) is 0 Å². The molecule has 0 spiro atoms. The van der Waals surface area contributed by atoms with Gasteiger partial charge in [0.25, 0.3) is 0 Å². The molecule has 4 heterocycles. The highest BCUT2D eigenvalue weighted by molar-refractivity contribution is 5.79. The van der Waals surface area contributed by atoms with Crippen molar-refractivity contribution in [1.82, 2.24) is 9.80 Å². The van der Waals surface area contributed by atoms with E-state index in [-0.39, 0.29) is 12.0 Å². The van der Waals surface area contributed by atoms with Crippen LogP contribution in [0.5, 0.6) is 0 Å². The fourth-order valence-electron chi connectivity index (χ4n) is 4.21. The minimum Gasteiger partial charge on any atom is -0.468 e. The van der Waals surface area contributed by atoms with Crippen LogP contribution in [0.2, 0.25) is 0 Å². The molecule has 1 amide bonds. The highest BCUT2D eigenvalue weighted by Crippen LogP contribution is 2.33. The molecule has 1 aromatic heterocycles. The van der Waals surface area contributed by atoms with Gasteiger partial charge in [0.05, 0.1) is 24.8 Å². The number of hydrogen-bond acceptors (Lipinski definition) is 4. The predicted molar refractivity (Wildman–Crippen MR) is 81.2 cm³/mol. The van der Waals surface area contributed by atoms with Crippen LogP contribution in [0, 0.1) is 5.92 Å². The Bertz CT molecular complexity index is 510. The van der Waals surface area contributed by atoms with E-state index in [1.165, 1.54) is 0 Å². The fourth-order valence-corrected chi connectivity index (χ4v) is 4.21. The second kappa shape index (κ2) is 6.05. The first-order chi connectivity index (χ1) is 10.8. The Labute approximate surface area is 131 Å². The zero-order chi connectivity index (χ0) is 14.9. The van der Waals surface area contributed by atoms with Crippen LogP contribution in [-0.2, 0) is 16.1 Å². The quantitative estimate of drug-likeness (QED) is 0.855. The van der Waals surface area contributed by atoms with Crippen LogP contribution >= 0.6 is 0 Å². The predicted octanol–water partition coefficient (Wildman–Crippen LogP) is 1.88. The van der Waals surface area contributed by atoms with Gasteiger partial charge in [0, 0.05) is 32.3 Å². The van der Waals surface area contributed by atoms with Gasteiger partial charge < -0.3 is 14.1 Å². The van der Waals surface area contributed by atoms with Crippen LogP contribution < -0.4 is 0 Å². The summed E-state index contributed by atoms with van der Waals surface area (Å²) in [6.07, 6.45) is 6.17. The van der Waals surface area contributed by atoms with Gasteiger partial charge in [0.1, 0.15) is 5.76 Å². The molecule has 0 unspecified atom stereocenters. The van der Waals surface area contributed by atoms with E-state index >= 15 is 0 Å². The summed E-state index contributed by atoms with van der Waals surface area (Å²) in [6.45, 7) is 4.29. The summed E-state index contributed by atoms with van der Waals surface area (Å²) in [5.74, 6) is 1.38. The van der Waals surface area contributed by atoms with E-state index in [0.717, 1.165) is 64.2 Å². The Hall–Kier alpha value is -1.33. The Kier molecular flexibility index (Phi) is 3.92. The summed E-state index contributed by atoms with van der Waals surface area (Å²) >= 11 is 0. The van der Waals surface area contributed by atoms with Crippen LogP contribution in [0.3, 0.4) is 0 Å². The van der Waals surface area contributed by atoms with Crippen molar-refractivity contribution in [2.24, 2.45) is 5.92 Å². The number of nitrogens with zero attached hydrogens (tertiary/aromatic N) is 2. The van der Waals surface area contributed by atoms with Gasteiger partial charge in [-0.15, -0.1) is 0 Å². The number of fused-ring (bicyclic) bond motifs is 1. The average Bonchev–Trinajstić information content (AvgIpc) is 3.27. The van der Waals surface area contributed by atoms with E-state index in [1.54, 1.807) is 6.26 Å². The molecule has 3 aliphatic rings. The van der Waals surface area contributed by atoms with Gasteiger partial charge >= 0.3 is 0 Å². The first kappa shape index (κ1) is 14.3. The van der Waals surface area contributed by atoms with E-state index in [2.05, 4.69) is 4.90 Å². The molecule has 1 aromatic rings. The van der Waals surface area contributed by atoms with E-state index < -0.39 is 0 Å². The van der Waals surface area contributed by atoms with Crippen molar-refractivity contribution >= 4 is 5.91 Å². The van der Waals surface area contributed by atoms with Crippen LogP contribution in [-0.4, -0.2) is 54.1 Å². The molecule has 3 aliphatic heterocycles. The number of ether oxygens (including phenoxy) is 1. The summed E-state index contributed by atoms with van der Waals surface area (Å²) in [5, 5.41) is 0. The summed E-state index contributed by atoms with van der Waals surface area (Å²) in [6, 6.07) is 4.37. The van der Waals surface area contributed by atoms with Crippen molar-refractivity contribution in [1.29, 1.82) is 0 Å². The van der Waals surface area contributed by atoms with Crippen molar-refractivity contribution in [3.05, 3.63) is 24.2 Å². The first-order valence-electron chi connectivity index (χ1n) is 8.48. The largest absolute Gasteiger partial charge is 0.468 e. The molecule has 0 bridgehead atoms. The summed E-state index contributed by atoms with van der Waals surface area (Å²) < 4.78 is 11.4. The SMILES string of the molecule is O=C([C@@H]1C[C@@H]2OCC[C@@H]2N(Cc2ccco2)C1)N1CCCC1. The van der Waals surface area contributed by atoms with Gasteiger partial charge in [0.15, 0.2) is 0 Å². The number of carbonyl (C=O) groups excluding carboxylic acids is 1. The maximum absolute atomic E-state index is 12.8. The van der Waals surface area contributed by atoms with Gasteiger partial charge in [-0.05, 0) is 37.8 Å². The lowest BCUT2D eigenvalue weighted by Crippen LogP contribution is -2.52. The zero-order valence-corrected chi connectivity index (χ0v) is 12.9. The topological polar surface area (TPSA) is 45.9 Å². The minimum absolute atomic E-state index is 0.0763. The molecule has 3 saturated heterocycles. The van der Waals surface area contributed by atoms with Crippen LogP contribution in [0.25, 0.3) is 0 Å². The molecule has 3 fully saturated rings. The third-order valence-corrected chi connectivity index (χ3v) is 5.32. The highest BCUT2D eigenvalue weighted by Gasteiger charge is 2.43. The van der Waals surface area contributed by atoms with Gasteiger partial charge in [-0.1, -0.05) is 0 Å². The lowest BCUT2D eigenvalue weighted by molar-refractivity contribution is -0.139. The van der Waals surface area contributed by atoms with Gasteiger partial charge in [-0.25, -0.2) is 0 Å². The van der Waals surface area contributed by atoms with Crippen LogP contribution in [0.15, 0.2) is 22.8 Å². The molecule has 0 N–H and O–H groups in total. The van der Waals surface area contributed by atoms with Gasteiger partial charge in [0.2, 0.25) is 5.91 Å². The molecule has 3 atom stereocenters. The number of rotatable bonds is 3. The maximum Gasteiger partial charge on any atom is 0.227 e. The molecular weight excluding hydrogens is 280 g/mol. The van der Waals surface area contributed by atoms with Crippen molar-refractivity contribution in [2.75, 3.05) is 26.2 Å². The number of likely N-dealkylation sites (tertiary alicyclic amines) is 2. The summed E-state index contributed by atoms with van der Waals surface area (Å²) in [4.78, 5) is 17.2. The second-order valence-electron chi connectivity index (χ2n) is 6.74. The normalized spacial score (nSPS) is 32.4. The molecule has 0 saturated carbocycles. The first-order valence-corrected chi connectivity index (χ1v) is 8.48. The average molecular weight is 304 g/mol. The van der Waals surface area contributed by atoms with Crippen molar-refractivity contribution in [3.63, 3.8) is 0 Å². The smallest absolute Gasteiger partial charge is 0.227 e. The summed E-state index contributed by atoms with van der Waals surface area (Å²) in [7, 11) is 0. The minimum atomic E-state index is 0.0763. The van der Waals surface area contributed by atoms with E-state index in [4.69, 9.17) is 9.15 Å². The van der Waals surface area contributed by atoms with Gasteiger partial charge in [-0.3, -0.25) is 9.69 Å². The number of piperidine rings is 1. The molecule has 0 radical (unpaired) electrons. The zero-order valence-electron chi connectivity index (χ0n) is 12.9. The van der Waals surface area contributed by atoms with Crippen LogP contribution in [0.1, 0.15) is 31.4 Å². The number of furan rings is 1. The second-order valence-corrected chi connectivity index (χ2v) is 6.74. The molecule has 5 heteroatoms. The summed E-state index contributed by atoms with van der Waals surface area (Å²) in [5.41, 5.74) is 0. The standard InChI is InChI=1S/C17H24N2O3/c20-17(18-6-1-2-7-18)13-10-16-15(5-9-22-16)19(11-13)12-14-4-3-8-21-14/h3-4,8,13,15-16H,1-2,5-7,9-12H2/t13-,15+,16+/m1/s1. The molecular formula is C17H24N2O3. The Morgan fingerprint density at radius 3 is 2.95 bits per heavy atom. The lowest BCUT2D eigenvalue weighted by Gasteiger charge is -2.40. The number of amides is 1. The monoisotopic (exact) mass is 304 g/mol. The molecule has 5 nitrogen and oxygen atoms in total. The maximum atomic E-state index is 12.8.